The minimum atomic E-state index is -0.374. The van der Waals surface area contributed by atoms with Gasteiger partial charge >= 0.3 is 0 Å². The molecule has 0 radical (unpaired) electrons. The Labute approximate surface area is 113 Å². The smallest absolute Gasteiger partial charge is 0.161 e. The quantitative estimate of drug-likeness (QED) is 0.790. The van der Waals surface area contributed by atoms with Gasteiger partial charge in [-0.2, -0.15) is 5.26 Å². The Hall–Kier alpha value is -1.73. The molecule has 0 amide bonds. The Balaban J connectivity index is 1.90. The van der Waals surface area contributed by atoms with Gasteiger partial charge in [0.15, 0.2) is 11.5 Å². The summed E-state index contributed by atoms with van der Waals surface area (Å²) in [4.78, 5) is 0. The molecule has 1 fully saturated rings. The molecule has 4 nitrogen and oxygen atoms in total. The van der Waals surface area contributed by atoms with Crippen molar-refractivity contribution in [2.75, 3.05) is 26.4 Å². The van der Waals surface area contributed by atoms with Crippen molar-refractivity contribution in [2.45, 2.75) is 19.8 Å². The number of para-hydroxylation sites is 2. The van der Waals surface area contributed by atoms with Crippen molar-refractivity contribution in [1.82, 2.24) is 0 Å². The van der Waals surface area contributed by atoms with Gasteiger partial charge in [0.2, 0.25) is 0 Å². The van der Waals surface area contributed by atoms with Crippen molar-refractivity contribution in [3.63, 3.8) is 0 Å². The number of rotatable bonds is 6. The lowest BCUT2D eigenvalue weighted by molar-refractivity contribution is 0.157. The topological polar surface area (TPSA) is 51.5 Å². The molecule has 1 saturated heterocycles. The summed E-state index contributed by atoms with van der Waals surface area (Å²) < 4.78 is 16.6. The molecule has 1 unspecified atom stereocenters. The van der Waals surface area contributed by atoms with Crippen LogP contribution < -0.4 is 9.47 Å². The minimum absolute atomic E-state index is 0.374. The zero-order valence-corrected chi connectivity index (χ0v) is 11.2. The Bertz CT molecular complexity index is 447. The van der Waals surface area contributed by atoms with Crippen LogP contribution in [0.15, 0.2) is 24.3 Å². The number of hydrogen-bond donors (Lipinski definition) is 0. The number of hydrogen-bond acceptors (Lipinski definition) is 4. The van der Waals surface area contributed by atoms with Gasteiger partial charge in [0.1, 0.15) is 0 Å². The number of nitrogens with zero attached hydrogens (tertiary/aromatic N) is 1. The van der Waals surface area contributed by atoms with Crippen LogP contribution in [0.25, 0.3) is 0 Å². The van der Waals surface area contributed by atoms with Crippen molar-refractivity contribution in [3.8, 4) is 17.6 Å². The van der Waals surface area contributed by atoms with Gasteiger partial charge in [-0.3, -0.25) is 0 Å². The molecule has 4 heteroatoms. The fourth-order valence-electron chi connectivity index (χ4n) is 2.15. The molecule has 0 saturated carbocycles. The first kappa shape index (κ1) is 13.7. The normalized spacial score (nSPS) is 21.9. The van der Waals surface area contributed by atoms with Crippen LogP contribution in [0.4, 0.5) is 0 Å². The molecular formula is C15H19NO3. The van der Waals surface area contributed by atoms with Gasteiger partial charge in [-0.15, -0.1) is 0 Å². The first-order valence-electron chi connectivity index (χ1n) is 6.63. The van der Waals surface area contributed by atoms with E-state index in [-0.39, 0.29) is 5.41 Å². The van der Waals surface area contributed by atoms with E-state index in [4.69, 9.17) is 14.2 Å². The summed E-state index contributed by atoms with van der Waals surface area (Å²) in [6.07, 6.45) is 1.48. The molecule has 102 valence electrons. The second-order valence-corrected chi connectivity index (χ2v) is 4.67. The van der Waals surface area contributed by atoms with Crippen molar-refractivity contribution in [1.29, 1.82) is 5.26 Å². The van der Waals surface area contributed by atoms with Crippen molar-refractivity contribution >= 4 is 0 Å². The maximum atomic E-state index is 9.24. The lowest BCUT2D eigenvalue weighted by Crippen LogP contribution is -2.21. The summed E-state index contributed by atoms with van der Waals surface area (Å²) in [6, 6.07) is 9.97. The van der Waals surface area contributed by atoms with Gasteiger partial charge < -0.3 is 14.2 Å². The van der Waals surface area contributed by atoms with Gasteiger partial charge in [-0.1, -0.05) is 12.1 Å². The van der Waals surface area contributed by atoms with E-state index in [1.165, 1.54) is 0 Å². The van der Waals surface area contributed by atoms with Crippen LogP contribution >= 0.6 is 0 Å². The standard InChI is InChI=1S/C15H19NO3/c1-2-18-13-5-3-4-6-14(13)19-10-8-15(11-16)7-9-17-12-15/h3-6H,2,7-10,12H2,1H3. The number of ether oxygens (including phenoxy) is 3. The largest absolute Gasteiger partial charge is 0.490 e. The highest BCUT2D eigenvalue weighted by Gasteiger charge is 2.34. The summed E-state index contributed by atoms with van der Waals surface area (Å²) >= 11 is 0. The predicted octanol–water partition coefficient (Wildman–Crippen LogP) is 2.78. The van der Waals surface area contributed by atoms with E-state index in [1.54, 1.807) is 0 Å². The van der Waals surface area contributed by atoms with E-state index < -0.39 is 0 Å². The highest BCUT2D eigenvalue weighted by molar-refractivity contribution is 5.39. The van der Waals surface area contributed by atoms with E-state index in [0.717, 1.165) is 17.9 Å². The van der Waals surface area contributed by atoms with Crippen molar-refractivity contribution in [3.05, 3.63) is 24.3 Å². The second-order valence-electron chi connectivity index (χ2n) is 4.67. The summed E-state index contributed by atoms with van der Waals surface area (Å²) in [5.74, 6) is 1.48. The van der Waals surface area contributed by atoms with Crippen molar-refractivity contribution < 1.29 is 14.2 Å². The van der Waals surface area contributed by atoms with Crippen LogP contribution in [0, 0.1) is 16.7 Å². The molecule has 0 aromatic heterocycles. The summed E-state index contributed by atoms with van der Waals surface area (Å²) in [5, 5.41) is 9.24. The van der Waals surface area contributed by atoms with E-state index in [0.29, 0.717) is 32.8 Å². The zero-order valence-electron chi connectivity index (χ0n) is 11.2. The lowest BCUT2D eigenvalue weighted by atomic mass is 9.86. The van der Waals surface area contributed by atoms with Crippen molar-refractivity contribution in [2.24, 2.45) is 5.41 Å². The van der Waals surface area contributed by atoms with Gasteiger partial charge in [-0.25, -0.2) is 0 Å². The molecule has 0 spiro atoms. The van der Waals surface area contributed by atoms with Gasteiger partial charge in [0, 0.05) is 13.0 Å². The molecule has 1 aromatic rings. The number of nitriles is 1. The van der Waals surface area contributed by atoms with Crippen LogP contribution in [0.1, 0.15) is 19.8 Å². The van der Waals surface area contributed by atoms with Gasteiger partial charge in [-0.05, 0) is 25.5 Å². The first-order chi connectivity index (χ1) is 9.29. The Morgan fingerprint density at radius 3 is 2.63 bits per heavy atom. The fourth-order valence-corrected chi connectivity index (χ4v) is 2.15. The summed E-state index contributed by atoms with van der Waals surface area (Å²) in [5.41, 5.74) is -0.374. The Kier molecular flexibility index (Phi) is 4.64. The van der Waals surface area contributed by atoms with E-state index in [9.17, 15) is 5.26 Å². The minimum Gasteiger partial charge on any atom is -0.490 e. The second kappa shape index (κ2) is 6.44. The van der Waals surface area contributed by atoms with Crippen LogP contribution in [0.2, 0.25) is 0 Å². The zero-order chi connectivity index (χ0) is 13.6. The predicted molar refractivity (Wildman–Crippen MR) is 71.2 cm³/mol. The SMILES string of the molecule is CCOc1ccccc1OCCC1(C#N)CCOC1. The molecule has 0 bridgehead atoms. The molecule has 1 atom stereocenters. The molecule has 0 N–H and O–H groups in total. The fraction of sp³-hybridized carbons (Fsp3) is 0.533. The molecule has 19 heavy (non-hydrogen) atoms. The van der Waals surface area contributed by atoms with Crippen LogP contribution in [-0.2, 0) is 4.74 Å². The van der Waals surface area contributed by atoms with E-state index in [2.05, 4.69) is 6.07 Å². The molecule has 1 heterocycles. The van der Waals surface area contributed by atoms with Gasteiger partial charge in [0.05, 0.1) is 31.3 Å². The molecule has 1 aliphatic heterocycles. The monoisotopic (exact) mass is 261 g/mol. The summed E-state index contributed by atoms with van der Waals surface area (Å²) in [6.45, 7) is 4.23. The maximum Gasteiger partial charge on any atom is 0.161 e. The average molecular weight is 261 g/mol. The highest BCUT2D eigenvalue weighted by atomic mass is 16.5. The molecular weight excluding hydrogens is 242 g/mol. The van der Waals surface area contributed by atoms with E-state index >= 15 is 0 Å². The number of benzene rings is 1. The lowest BCUT2D eigenvalue weighted by Gasteiger charge is -2.19. The Morgan fingerprint density at radius 1 is 1.32 bits per heavy atom. The third-order valence-corrected chi connectivity index (χ3v) is 3.33. The molecule has 2 rings (SSSR count). The van der Waals surface area contributed by atoms with Crippen LogP contribution in [0.5, 0.6) is 11.5 Å². The average Bonchev–Trinajstić information content (AvgIpc) is 2.90. The van der Waals surface area contributed by atoms with Gasteiger partial charge in [0.25, 0.3) is 0 Å². The molecule has 1 aromatic carbocycles. The van der Waals surface area contributed by atoms with Crippen LogP contribution in [0.3, 0.4) is 0 Å². The first-order valence-corrected chi connectivity index (χ1v) is 6.63. The molecule has 1 aliphatic rings. The third kappa shape index (κ3) is 3.39. The summed E-state index contributed by atoms with van der Waals surface area (Å²) in [7, 11) is 0. The third-order valence-electron chi connectivity index (χ3n) is 3.33. The van der Waals surface area contributed by atoms with E-state index in [1.807, 2.05) is 31.2 Å². The molecule has 0 aliphatic carbocycles. The highest BCUT2D eigenvalue weighted by Crippen LogP contribution is 2.32. The maximum absolute atomic E-state index is 9.24. The van der Waals surface area contributed by atoms with Crippen LogP contribution in [-0.4, -0.2) is 26.4 Å². The Morgan fingerprint density at radius 2 is 2.05 bits per heavy atom.